The van der Waals surface area contributed by atoms with Crippen LogP contribution in [0, 0.1) is 3.57 Å². The average molecular weight is 720 g/mol. The molecule has 0 saturated carbocycles. The number of anilines is 2. The number of amides is 2. The highest BCUT2D eigenvalue weighted by Crippen LogP contribution is 2.41. The third-order valence-corrected chi connectivity index (χ3v) is 9.45. The molecule has 222 valence electrons. The molecule has 1 saturated heterocycles. The zero-order valence-electron chi connectivity index (χ0n) is 23.9. The van der Waals surface area contributed by atoms with Crippen LogP contribution in [-0.4, -0.2) is 72.8 Å². The summed E-state index contributed by atoms with van der Waals surface area (Å²) in [5.41, 5.74) is 9.45. The Kier molecular flexibility index (Phi) is 9.99. The molecule has 2 aliphatic heterocycles. The lowest BCUT2D eigenvalue weighted by Gasteiger charge is -2.36. The molecule has 0 radical (unpaired) electrons. The normalized spacial score (nSPS) is 19.1. The molecular weight excluding hydrogens is 684 g/mol. The van der Waals surface area contributed by atoms with Crippen molar-refractivity contribution in [2.24, 2.45) is 0 Å². The molecular formula is C32H36Cl2IN5O2. The Morgan fingerprint density at radius 2 is 1.57 bits per heavy atom. The predicted molar refractivity (Wildman–Crippen MR) is 179 cm³/mol. The number of unbranched alkanes of at least 4 members (excludes halogenated alkanes) is 1. The van der Waals surface area contributed by atoms with Crippen LogP contribution >= 0.6 is 45.8 Å². The van der Waals surface area contributed by atoms with Crippen molar-refractivity contribution < 1.29 is 9.59 Å². The van der Waals surface area contributed by atoms with Gasteiger partial charge < -0.3 is 25.3 Å². The summed E-state index contributed by atoms with van der Waals surface area (Å²) in [4.78, 5) is 37.5. The van der Waals surface area contributed by atoms with E-state index in [0.717, 1.165) is 54.7 Å². The second kappa shape index (κ2) is 13.5. The van der Waals surface area contributed by atoms with Gasteiger partial charge in [-0.15, -0.1) is 0 Å². The van der Waals surface area contributed by atoms with Gasteiger partial charge in [0.25, 0.3) is 11.8 Å². The van der Waals surface area contributed by atoms with Gasteiger partial charge in [-0.3, -0.25) is 9.59 Å². The van der Waals surface area contributed by atoms with E-state index in [9.17, 15) is 9.59 Å². The number of nitrogen functional groups attached to an aromatic ring is 1. The van der Waals surface area contributed by atoms with E-state index in [2.05, 4.69) is 39.4 Å². The molecule has 3 aromatic carbocycles. The van der Waals surface area contributed by atoms with Crippen LogP contribution in [0.3, 0.4) is 0 Å². The molecule has 5 rings (SSSR count). The Morgan fingerprint density at radius 1 is 0.905 bits per heavy atom. The van der Waals surface area contributed by atoms with Crippen LogP contribution in [0.5, 0.6) is 0 Å². The SMILES string of the molecule is C[C@H](c1ccc(Cl)cc1N)N1C(=O)c2cc(I)ccc2N(CCCCN2CCN(C)CC2)C(=O)[C@@H]1c1ccc(Cl)cc1. The number of piperazine rings is 1. The highest BCUT2D eigenvalue weighted by Gasteiger charge is 2.43. The first kappa shape index (κ1) is 31.1. The molecule has 10 heteroatoms. The largest absolute Gasteiger partial charge is 0.398 e. The number of rotatable bonds is 8. The Labute approximate surface area is 271 Å². The van der Waals surface area contributed by atoms with Crippen molar-refractivity contribution in [2.75, 3.05) is 56.9 Å². The molecule has 42 heavy (non-hydrogen) atoms. The van der Waals surface area contributed by atoms with Crippen molar-refractivity contribution in [1.82, 2.24) is 14.7 Å². The Bertz CT molecular complexity index is 1450. The molecule has 2 N–H and O–H groups in total. The molecule has 2 heterocycles. The number of fused-ring (bicyclic) bond motifs is 1. The van der Waals surface area contributed by atoms with Crippen molar-refractivity contribution in [3.05, 3.63) is 91.0 Å². The Morgan fingerprint density at radius 3 is 2.26 bits per heavy atom. The number of benzene rings is 3. The highest BCUT2D eigenvalue weighted by atomic mass is 127. The van der Waals surface area contributed by atoms with Crippen LogP contribution in [-0.2, 0) is 4.79 Å². The first-order valence-electron chi connectivity index (χ1n) is 14.3. The molecule has 3 aromatic rings. The molecule has 0 aliphatic carbocycles. The van der Waals surface area contributed by atoms with Crippen LogP contribution < -0.4 is 10.6 Å². The first-order chi connectivity index (χ1) is 20.1. The maximum atomic E-state index is 14.7. The summed E-state index contributed by atoms with van der Waals surface area (Å²) in [7, 11) is 2.16. The first-order valence-corrected chi connectivity index (χ1v) is 16.1. The van der Waals surface area contributed by atoms with Gasteiger partial charge >= 0.3 is 0 Å². The number of hydrogen-bond donors (Lipinski definition) is 1. The molecule has 0 unspecified atom stereocenters. The molecule has 2 aliphatic rings. The van der Waals surface area contributed by atoms with Gasteiger partial charge in [0.15, 0.2) is 0 Å². The third-order valence-electron chi connectivity index (χ3n) is 8.30. The summed E-state index contributed by atoms with van der Waals surface area (Å²) in [5.74, 6) is -0.372. The second-order valence-electron chi connectivity index (χ2n) is 11.1. The zero-order valence-corrected chi connectivity index (χ0v) is 27.6. The van der Waals surface area contributed by atoms with Gasteiger partial charge in [0, 0.05) is 52.0 Å². The van der Waals surface area contributed by atoms with Crippen molar-refractivity contribution >= 4 is 69.0 Å². The van der Waals surface area contributed by atoms with E-state index in [1.54, 1.807) is 29.2 Å². The van der Waals surface area contributed by atoms with E-state index in [1.807, 2.05) is 48.2 Å². The van der Waals surface area contributed by atoms with Crippen LogP contribution in [0.1, 0.15) is 53.3 Å². The topological polar surface area (TPSA) is 73.1 Å². The average Bonchev–Trinajstić information content (AvgIpc) is 3.05. The summed E-state index contributed by atoms with van der Waals surface area (Å²) in [6.07, 6.45) is 1.79. The fraction of sp³-hybridized carbons (Fsp3) is 0.375. The van der Waals surface area contributed by atoms with E-state index in [4.69, 9.17) is 28.9 Å². The summed E-state index contributed by atoms with van der Waals surface area (Å²) >= 11 is 14.7. The number of nitrogens with zero attached hydrogens (tertiary/aromatic N) is 4. The summed E-state index contributed by atoms with van der Waals surface area (Å²) in [5, 5.41) is 1.07. The number of nitrogens with two attached hydrogens (primary N) is 1. The minimum atomic E-state index is -0.873. The Balaban J connectivity index is 1.52. The third kappa shape index (κ3) is 6.73. The minimum absolute atomic E-state index is 0.149. The van der Waals surface area contributed by atoms with Crippen LogP contribution in [0.15, 0.2) is 60.7 Å². The molecule has 2 atom stereocenters. The molecule has 0 aromatic heterocycles. The highest BCUT2D eigenvalue weighted by molar-refractivity contribution is 14.1. The summed E-state index contributed by atoms with van der Waals surface area (Å²) < 4.78 is 0.922. The lowest BCUT2D eigenvalue weighted by Crippen LogP contribution is -2.45. The minimum Gasteiger partial charge on any atom is -0.398 e. The fourth-order valence-corrected chi connectivity index (χ4v) is 6.69. The van der Waals surface area contributed by atoms with E-state index in [0.29, 0.717) is 39.1 Å². The van der Waals surface area contributed by atoms with E-state index >= 15 is 0 Å². The van der Waals surface area contributed by atoms with Gasteiger partial charge in [0.1, 0.15) is 6.04 Å². The number of hydrogen-bond acceptors (Lipinski definition) is 5. The van der Waals surface area contributed by atoms with E-state index in [-0.39, 0.29) is 11.8 Å². The van der Waals surface area contributed by atoms with Gasteiger partial charge in [-0.25, -0.2) is 0 Å². The zero-order chi connectivity index (χ0) is 30.0. The number of likely N-dealkylation sites (N-methyl/N-ethyl adjacent to an activating group) is 1. The summed E-state index contributed by atoms with van der Waals surface area (Å²) in [6.45, 7) is 7.70. The van der Waals surface area contributed by atoms with Gasteiger partial charge in [-0.2, -0.15) is 0 Å². The predicted octanol–water partition coefficient (Wildman–Crippen LogP) is 6.50. The van der Waals surface area contributed by atoms with Gasteiger partial charge in [-0.1, -0.05) is 41.4 Å². The lowest BCUT2D eigenvalue weighted by atomic mass is 9.97. The Hall–Kier alpha value is -2.37. The monoisotopic (exact) mass is 719 g/mol. The molecule has 7 nitrogen and oxygen atoms in total. The smallest absolute Gasteiger partial charge is 0.257 e. The van der Waals surface area contributed by atoms with E-state index in [1.165, 1.54) is 0 Å². The standard InChI is InChI=1S/C32H36Cl2IN5O2/c1-21(26-11-9-24(34)19-28(26)36)40-30(22-5-7-23(33)8-6-22)32(42)39(29-12-10-25(35)20-27(29)31(40)41)14-4-3-13-38-17-15-37(2)16-18-38/h5-12,19-21,30H,3-4,13-18,36H2,1-2H3/t21-,30+/m1/s1. The van der Waals surface area contributed by atoms with Crippen LogP contribution in [0.4, 0.5) is 11.4 Å². The quantitative estimate of drug-likeness (QED) is 0.164. The maximum Gasteiger partial charge on any atom is 0.257 e. The molecule has 2 amide bonds. The molecule has 0 spiro atoms. The van der Waals surface area contributed by atoms with Gasteiger partial charge in [0.05, 0.1) is 17.3 Å². The molecule has 1 fully saturated rings. The number of halogens is 3. The molecule has 0 bridgehead atoms. The van der Waals surface area contributed by atoms with Crippen molar-refractivity contribution in [3.8, 4) is 0 Å². The fourth-order valence-electron chi connectivity index (χ4n) is 5.89. The van der Waals surface area contributed by atoms with Crippen molar-refractivity contribution in [1.29, 1.82) is 0 Å². The van der Waals surface area contributed by atoms with Crippen molar-refractivity contribution in [2.45, 2.75) is 31.8 Å². The maximum absolute atomic E-state index is 14.7. The van der Waals surface area contributed by atoms with Crippen LogP contribution in [0.2, 0.25) is 10.0 Å². The number of carbonyl (C=O) groups is 2. The van der Waals surface area contributed by atoms with Gasteiger partial charge in [-0.05, 0) is 110 Å². The van der Waals surface area contributed by atoms with Crippen LogP contribution in [0.25, 0.3) is 0 Å². The van der Waals surface area contributed by atoms with Gasteiger partial charge in [0.2, 0.25) is 0 Å². The van der Waals surface area contributed by atoms with Crippen molar-refractivity contribution in [3.63, 3.8) is 0 Å². The lowest BCUT2D eigenvalue weighted by molar-refractivity contribution is -0.123. The summed E-state index contributed by atoms with van der Waals surface area (Å²) in [6, 6.07) is 16.8. The number of carbonyl (C=O) groups excluding carboxylic acids is 2. The second-order valence-corrected chi connectivity index (χ2v) is 13.2. The van der Waals surface area contributed by atoms with E-state index < -0.39 is 12.1 Å².